The van der Waals surface area contributed by atoms with E-state index < -0.39 is 0 Å². The molecular weight excluding hydrogens is 220 g/mol. The van der Waals surface area contributed by atoms with E-state index >= 15 is 0 Å². The van der Waals surface area contributed by atoms with E-state index in [1.807, 2.05) is 7.05 Å². The van der Waals surface area contributed by atoms with Crippen LogP contribution in [0, 0.1) is 0 Å². The van der Waals surface area contributed by atoms with Crippen LogP contribution in [0.5, 0.6) is 0 Å². The van der Waals surface area contributed by atoms with Gasteiger partial charge in [0, 0.05) is 11.9 Å². The SMILES string of the molecule is Cn1ncnc1Sc1ccc(CCN)cc1. The van der Waals surface area contributed by atoms with E-state index in [1.54, 1.807) is 22.8 Å². The Hall–Kier alpha value is -1.33. The Kier molecular flexibility index (Phi) is 3.58. The summed E-state index contributed by atoms with van der Waals surface area (Å²) >= 11 is 1.61. The highest BCUT2D eigenvalue weighted by molar-refractivity contribution is 7.99. The highest BCUT2D eigenvalue weighted by Crippen LogP contribution is 2.25. The number of aryl methyl sites for hydroxylation is 1. The molecule has 0 spiro atoms. The molecule has 1 aromatic carbocycles. The van der Waals surface area contributed by atoms with Crippen LogP contribution in [0.15, 0.2) is 40.6 Å². The molecule has 1 heterocycles. The van der Waals surface area contributed by atoms with Gasteiger partial charge in [-0.2, -0.15) is 5.10 Å². The maximum Gasteiger partial charge on any atom is 0.190 e. The normalized spacial score (nSPS) is 10.6. The van der Waals surface area contributed by atoms with Crippen LogP contribution >= 0.6 is 11.8 Å². The van der Waals surface area contributed by atoms with Gasteiger partial charge < -0.3 is 5.73 Å². The van der Waals surface area contributed by atoms with Crippen molar-refractivity contribution < 1.29 is 0 Å². The van der Waals surface area contributed by atoms with Gasteiger partial charge in [0.1, 0.15) is 6.33 Å². The molecule has 1 aromatic heterocycles. The monoisotopic (exact) mass is 234 g/mol. The van der Waals surface area contributed by atoms with Gasteiger partial charge in [0.05, 0.1) is 0 Å². The van der Waals surface area contributed by atoms with Crippen molar-refractivity contribution in [3.63, 3.8) is 0 Å². The molecule has 84 valence electrons. The number of nitrogens with zero attached hydrogens (tertiary/aromatic N) is 3. The maximum absolute atomic E-state index is 5.50. The lowest BCUT2D eigenvalue weighted by Gasteiger charge is -2.02. The van der Waals surface area contributed by atoms with E-state index in [1.165, 1.54) is 5.56 Å². The molecular formula is C11H14N4S. The molecule has 0 aliphatic rings. The Labute approximate surface area is 98.9 Å². The molecule has 0 fully saturated rings. The first kappa shape index (κ1) is 11.2. The van der Waals surface area contributed by atoms with E-state index in [2.05, 4.69) is 34.3 Å². The molecule has 2 rings (SSSR count). The second-order valence-electron chi connectivity index (χ2n) is 3.45. The van der Waals surface area contributed by atoms with Gasteiger partial charge in [-0.1, -0.05) is 23.9 Å². The highest BCUT2D eigenvalue weighted by atomic mass is 32.2. The van der Waals surface area contributed by atoms with E-state index in [9.17, 15) is 0 Å². The van der Waals surface area contributed by atoms with E-state index in [-0.39, 0.29) is 0 Å². The number of aromatic nitrogens is 3. The summed E-state index contributed by atoms with van der Waals surface area (Å²) < 4.78 is 1.76. The summed E-state index contributed by atoms with van der Waals surface area (Å²) in [6, 6.07) is 8.38. The van der Waals surface area contributed by atoms with Crippen molar-refractivity contribution in [2.45, 2.75) is 16.5 Å². The number of hydrogen-bond acceptors (Lipinski definition) is 4. The minimum absolute atomic E-state index is 0.690. The van der Waals surface area contributed by atoms with E-state index in [0.29, 0.717) is 6.54 Å². The Morgan fingerprint density at radius 1 is 1.31 bits per heavy atom. The van der Waals surface area contributed by atoms with Crippen molar-refractivity contribution in [3.05, 3.63) is 36.2 Å². The fourth-order valence-electron chi connectivity index (χ4n) is 1.37. The quantitative estimate of drug-likeness (QED) is 0.870. The molecule has 0 aliphatic heterocycles. The summed E-state index contributed by atoms with van der Waals surface area (Å²) in [7, 11) is 1.89. The van der Waals surface area contributed by atoms with Gasteiger partial charge in [-0.15, -0.1) is 0 Å². The van der Waals surface area contributed by atoms with Crippen molar-refractivity contribution >= 4 is 11.8 Å². The van der Waals surface area contributed by atoms with Crippen molar-refractivity contribution in [1.29, 1.82) is 0 Å². The topological polar surface area (TPSA) is 56.7 Å². The fraction of sp³-hybridized carbons (Fsp3) is 0.273. The van der Waals surface area contributed by atoms with Gasteiger partial charge in [0.25, 0.3) is 0 Å². The number of hydrogen-bond donors (Lipinski definition) is 1. The van der Waals surface area contributed by atoms with Crippen molar-refractivity contribution in [3.8, 4) is 0 Å². The van der Waals surface area contributed by atoms with Crippen molar-refractivity contribution in [2.24, 2.45) is 12.8 Å². The summed E-state index contributed by atoms with van der Waals surface area (Å²) in [5.74, 6) is 0. The average Bonchev–Trinajstić information content (AvgIpc) is 2.68. The summed E-state index contributed by atoms with van der Waals surface area (Å²) in [4.78, 5) is 5.33. The van der Waals surface area contributed by atoms with E-state index in [4.69, 9.17) is 5.73 Å². The molecule has 0 amide bonds. The van der Waals surface area contributed by atoms with Crippen LogP contribution in [-0.4, -0.2) is 21.3 Å². The Morgan fingerprint density at radius 2 is 2.06 bits per heavy atom. The van der Waals surface area contributed by atoms with Crippen LogP contribution in [0.4, 0.5) is 0 Å². The molecule has 2 N–H and O–H groups in total. The average molecular weight is 234 g/mol. The summed E-state index contributed by atoms with van der Waals surface area (Å²) in [5.41, 5.74) is 6.77. The molecule has 0 bridgehead atoms. The van der Waals surface area contributed by atoms with Crippen molar-refractivity contribution in [1.82, 2.24) is 14.8 Å². The molecule has 0 saturated carbocycles. The zero-order valence-corrected chi connectivity index (χ0v) is 9.94. The van der Waals surface area contributed by atoms with Crippen LogP contribution in [0.1, 0.15) is 5.56 Å². The standard InChI is InChI=1S/C11H14N4S/c1-15-11(13-8-14-15)16-10-4-2-9(3-5-10)6-7-12/h2-5,8H,6-7,12H2,1H3. The first-order valence-corrected chi connectivity index (χ1v) is 5.92. The molecule has 0 saturated heterocycles. The summed E-state index contributed by atoms with van der Waals surface area (Å²) in [6.45, 7) is 0.690. The molecule has 0 unspecified atom stereocenters. The minimum atomic E-state index is 0.690. The third-order valence-corrected chi connectivity index (χ3v) is 3.30. The van der Waals surface area contributed by atoms with Gasteiger partial charge in [0.2, 0.25) is 0 Å². The maximum atomic E-state index is 5.50. The molecule has 0 atom stereocenters. The molecule has 2 aromatic rings. The Morgan fingerprint density at radius 3 is 2.62 bits per heavy atom. The fourth-order valence-corrected chi connectivity index (χ4v) is 2.14. The molecule has 4 nitrogen and oxygen atoms in total. The molecule has 5 heteroatoms. The van der Waals surface area contributed by atoms with Crippen molar-refractivity contribution in [2.75, 3.05) is 6.54 Å². The predicted molar refractivity (Wildman–Crippen MR) is 64.3 cm³/mol. The number of nitrogens with two attached hydrogens (primary N) is 1. The third kappa shape index (κ3) is 2.62. The van der Waals surface area contributed by atoms with Crippen LogP contribution in [-0.2, 0) is 13.5 Å². The molecule has 0 aliphatic carbocycles. The largest absolute Gasteiger partial charge is 0.330 e. The lowest BCUT2D eigenvalue weighted by atomic mass is 10.2. The van der Waals surface area contributed by atoms with Gasteiger partial charge in [-0.25, -0.2) is 9.67 Å². The lowest BCUT2D eigenvalue weighted by Crippen LogP contribution is -2.02. The number of benzene rings is 1. The zero-order valence-electron chi connectivity index (χ0n) is 9.13. The zero-order chi connectivity index (χ0) is 11.4. The Balaban J connectivity index is 2.08. The van der Waals surface area contributed by atoms with Crippen LogP contribution < -0.4 is 5.73 Å². The highest BCUT2D eigenvalue weighted by Gasteiger charge is 2.02. The number of rotatable bonds is 4. The van der Waals surface area contributed by atoms with E-state index in [0.717, 1.165) is 16.5 Å². The van der Waals surface area contributed by atoms with Gasteiger partial charge in [-0.3, -0.25) is 0 Å². The van der Waals surface area contributed by atoms with Crippen LogP contribution in [0.2, 0.25) is 0 Å². The van der Waals surface area contributed by atoms with Gasteiger partial charge >= 0.3 is 0 Å². The Bertz CT molecular complexity index is 449. The summed E-state index contributed by atoms with van der Waals surface area (Å²) in [6.07, 6.45) is 2.49. The minimum Gasteiger partial charge on any atom is -0.330 e. The van der Waals surface area contributed by atoms with Crippen LogP contribution in [0.3, 0.4) is 0 Å². The lowest BCUT2D eigenvalue weighted by molar-refractivity contribution is 0.685. The second-order valence-corrected chi connectivity index (χ2v) is 4.49. The second kappa shape index (κ2) is 5.14. The molecule has 0 radical (unpaired) electrons. The molecule has 16 heavy (non-hydrogen) atoms. The predicted octanol–water partition coefficient (Wildman–Crippen LogP) is 1.47. The van der Waals surface area contributed by atoms with Crippen LogP contribution in [0.25, 0.3) is 0 Å². The smallest absolute Gasteiger partial charge is 0.190 e. The first-order valence-electron chi connectivity index (χ1n) is 5.10. The van der Waals surface area contributed by atoms with Gasteiger partial charge in [0.15, 0.2) is 5.16 Å². The first-order chi connectivity index (χ1) is 7.79. The third-order valence-electron chi connectivity index (χ3n) is 2.24. The van der Waals surface area contributed by atoms with Gasteiger partial charge in [-0.05, 0) is 30.7 Å². The summed E-state index contributed by atoms with van der Waals surface area (Å²) in [5, 5.41) is 4.92.